The van der Waals surface area contributed by atoms with Gasteiger partial charge in [0.05, 0.1) is 13.2 Å². The number of aryl methyl sites for hydroxylation is 1. The molecule has 0 aromatic heterocycles. The number of aliphatic hydroxyl groups excluding tert-OH is 1. The summed E-state index contributed by atoms with van der Waals surface area (Å²) in [5.74, 6) is -0.0640. The van der Waals surface area contributed by atoms with Crippen molar-refractivity contribution < 1.29 is 9.90 Å². The summed E-state index contributed by atoms with van der Waals surface area (Å²) in [6.45, 7) is 2.94. The van der Waals surface area contributed by atoms with Crippen molar-refractivity contribution in [2.24, 2.45) is 0 Å². The smallest absolute Gasteiger partial charge is 0.238 e. The number of carbonyl (C=O) groups is 1. The molecule has 2 aromatic carbocycles. The maximum Gasteiger partial charge on any atom is 0.238 e. The van der Waals surface area contributed by atoms with Crippen LogP contribution in [0.4, 0.5) is 5.69 Å². The van der Waals surface area contributed by atoms with Crippen LogP contribution in [0.25, 0.3) is 0 Å². The SMILES string of the molecule is Cc1ccc(NC(=O)CNCc2ccc(CO)cc2)cc1. The average molecular weight is 284 g/mol. The van der Waals surface area contributed by atoms with Gasteiger partial charge in [-0.3, -0.25) is 4.79 Å². The number of rotatable bonds is 6. The van der Waals surface area contributed by atoms with E-state index < -0.39 is 0 Å². The molecule has 4 nitrogen and oxygen atoms in total. The number of hydrogen-bond acceptors (Lipinski definition) is 3. The second kappa shape index (κ2) is 7.57. The molecule has 21 heavy (non-hydrogen) atoms. The van der Waals surface area contributed by atoms with Gasteiger partial charge >= 0.3 is 0 Å². The van der Waals surface area contributed by atoms with Crippen molar-refractivity contribution in [3.8, 4) is 0 Å². The first kappa shape index (κ1) is 15.2. The molecule has 0 saturated heterocycles. The fourth-order valence-electron chi connectivity index (χ4n) is 1.92. The highest BCUT2D eigenvalue weighted by Crippen LogP contribution is 2.08. The highest BCUT2D eigenvalue weighted by molar-refractivity contribution is 5.92. The van der Waals surface area contributed by atoms with E-state index in [1.165, 1.54) is 0 Å². The highest BCUT2D eigenvalue weighted by Gasteiger charge is 2.02. The van der Waals surface area contributed by atoms with Gasteiger partial charge in [0, 0.05) is 12.2 Å². The molecule has 0 heterocycles. The predicted octanol–water partition coefficient (Wildman–Crippen LogP) is 2.22. The molecule has 110 valence electrons. The minimum atomic E-state index is -0.0640. The van der Waals surface area contributed by atoms with Crippen LogP contribution in [0.2, 0.25) is 0 Å². The lowest BCUT2D eigenvalue weighted by Gasteiger charge is -2.07. The van der Waals surface area contributed by atoms with E-state index in [1.807, 2.05) is 55.5 Å². The van der Waals surface area contributed by atoms with Crippen LogP contribution in [-0.2, 0) is 17.9 Å². The van der Waals surface area contributed by atoms with Gasteiger partial charge < -0.3 is 15.7 Å². The zero-order valence-corrected chi connectivity index (χ0v) is 12.1. The third-order valence-corrected chi connectivity index (χ3v) is 3.16. The summed E-state index contributed by atoms with van der Waals surface area (Å²) in [6.07, 6.45) is 0. The highest BCUT2D eigenvalue weighted by atomic mass is 16.3. The van der Waals surface area contributed by atoms with Gasteiger partial charge in [0.25, 0.3) is 0 Å². The van der Waals surface area contributed by atoms with Gasteiger partial charge in [0.15, 0.2) is 0 Å². The van der Waals surface area contributed by atoms with Gasteiger partial charge in [0.2, 0.25) is 5.91 Å². The Morgan fingerprint density at radius 1 is 1.00 bits per heavy atom. The Bertz CT molecular complexity index is 577. The molecule has 0 unspecified atom stereocenters. The van der Waals surface area contributed by atoms with Crippen molar-refractivity contribution in [3.05, 3.63) is 65.2 Å². The van der Waals surface area contributed by atoms with E-state index in [9.17, 15) is 4.79 Å². The number of nitrogens with one attached hydrogen (secondary N) is 2. The molecule has 0 bridgehead atoms. The molecular formula is C17H20N2O2. The van der Waals surface area contributed by atoms with Crippen LogP contribution < -0.4 is 10.6 Å². The van der Waals surface area contributed by atoms with E-state index in [0.717, 1.165) is 22.4 Å². The zero-order valence-electron chi connectivity index (χ0n) is 12.1. The van der Waals surface area contributed by atoms with Gasteiger partial charge in [-0.2, -0.15) is 0 Å². The second-order valence-electron chi connectivity index (χ2n) is 4.99. The van der Waals surface area contributed by atoms with E-state index in [1.54, 1.807) is 0 Å². The Balaban J connectivity index is 1.74. The van der Waals surface area contributed by atoms with Crippen molar-refractivity contribution in [2.45, 2.75) is 20.1 Å². The molecule has 0 fully saturated rings. The average Bonchev–Trinajstić information content (AvgIpc) is 2.50. The Morgan fingerprint density at radius 2 is 1.62 bits per heavy atom. The monoisotopic (exact) mass is 284 g/mol. The van der Waals surface area contributed by atoms with Crippen LogP contribution in [0.5, 0.6) is 0 Å². The van der Waals surface area contributed by atoms with E-state index in [4.69, 9.17) is 5.11 Å². The minimum Gasteiger partial charge on any atom is -0.392 e. The number of benzene rings is 2. The third-order valence-electron chi connectivity index (χ3n) is 3.16. The van der Waals surface area contributed by atoms with E-state index in [2.05, 4.69) is 10.6 Å². The molecule has 0 saturated carbocycles. The van der Waals surface area contributed by atoms with E-state index >= 15 is 0 Å². The Morgan fingerprint density at radius 3 is 2.24 bits per heavy atom. The van der Waals surface area contributed by atoms with E-state index in [0.29, 0.717) is 6.54 Å². The summed E-state index contributed by atoms with van der Waals surface area (Å²) in [4.78, 5) is 11.8. The second-order valence-corrected chi connectivity index (χ2v) is 4.99. The normalized spacial score (nSPS) is 10.4. The largest absolute Gasteiger partial charge is 0.392 e. The zero-order chi connectivity index (χ0) is 15.1. The maximum atomic E-state index is 11.8. The van der Waals surface area contributed by atoms with Crippen LogP contribution in [0.1, 0.15) is 16.7 Å². The molecule has 0 spiro atoms. The molecule has 0 aliphatic carbocycles. The topological polar surface area (TPSA) is 61.4 Å². The van der Waals surface area contributed by atoms with Crippen molar-refractivity contribution in [2.75, 3.05) is 11.9 Å². The fourth-order valence-corrected chi connectivity index (χ4v) is 1.92. The fraction of sp³-hybridized carbons (Fsp3) is 0.235. The maximum absolute atomic E-state index is 11.8. The molecule has 0 atom stereocenters. The summed E-state index contributed by atoms with van der Waals surface area (Å²) >= 11 is 0. The molecule has 4 heteroatoms. The van der Waals surface area contributed by atoms with Gasteiger partial charge in [0.1, 0.15) is 0 Å². The van der Waals surface area contributed by atoms with Crippen LogP contribution in [0.3, 0.4) is 0 Å². The van der Waals surface area contributed by atoms with Crippen molar-refractivity contribution >= 4 is 11.6 Å². The molecule has 3 N–H and O–H groups in total. The quantitative estimate of drug-likeness (QED) is 0.762. The van der Waals surface area contributed by atoms with Gasteiger partial charge in [-0.05, 0) is 30.2 Å². The molecular weight excluding hydrogens is 264 g/mol. The number of aliphatic hydroxyl groups is 1. The lowest BCUT2D eigenvalue weighted by molar-refractivity contribution is -0.115. The van der Waals surface area contributed by atoms with Crippen molar-refractivity contribution in [1.29, 1.82) is 0 Å². The number of anilines is 1. The first-order valence-electron chi connectivity index (χ1n) is 6.93. The van der Waals surface area contributed by atoms with Crippen LogP contribution >= 0.6 is 0 Å². The molecule has 0 aliphatic heterocycles. The summed E-state index contributed by atoms with van der Waals surface area (Å²) < 4.78 is 0. The Labute approximate surface area is 124 Å². The van der Waals surface area contributed by atoms with E-state index in [-0.39, 0.29) is 19.1 Å². The van der Waals surface area contributed by atoms with Crippen LogP contribution in [0.15, 0.2) is 48.5 Å². The lowest BCUT2D eigenvalue weighted by Crippen LogP contribution is -2.27. The standard InChI is InChI=1S/C17H20N2O2/c1-13-2-8-16(9-3-13)19-17(21)11-18-10-14-4-6-15(12-20)7-5-14/h2-9,18,20H,10-12H2,1H3,(H,19,21). The molecule has 0 radical (unpaired) electrons. The molecule has 0 aliphatic rings. The summed E-state index contributed by atoms with van der Waals surface area (Å²) in [5, 5.41) is 14.9. The lowest BCUT2D eigenvalue weighted by atomic mass is 10.1. The number of carbonyl (C=O) groups excluding carboxylic acids is 1. The first-order chi connectivity index (χ1) is 10.2. The number of hydrogen-bond donors (Lipinski definition) is 3. The molecule has 2 aromatic rings. The number of amides is 1. The summed E-state index contributed by atoms with van der Waals surface area (Å²) in [6, 6.07) is 15.3. The molecule has 1 amide bonds. The summed E-state index contributed by atoms with van der Waals surface area (Å²) in [7, 11) is 0. The van der Waals surface area contributed by atoms with Crippen molar-refractivity contribution in [1.82, 2.24) is 5.32 Å². The minimum absolute atomic E-state index is 0.0483. The Kier molecular flexibility index (Phi) is 5.49. The summed E-state index contributed by atoms with van der Waals surface area (Å²) in [5.41, 5.74) is 3.93. The van der Waals surface area contributed by atoms with Crippen molar-refractivity contribution in [3.63, 3.8) is 0 Å². The van der Waals surface area contributed by atoms with Gasteiger partial charge in [-0.25, -0.2) is 0 Å². The Hall–Kier alpha value is -2.17. The molecule has 2 rings (SSSR count). The third kappa shape index (κ3) is 5.02. The van der Waals surface area contributed by atoms with Gasteiger partial charge in [-0.1, -0.05) is 42.0 Å². The first-order valence-corrected chi connectivity index (χ1v) is 6.93. The predicted molar refractivity (Wildman–Crippen MR) is 83.9 cm³/mol. The van der Waals surface area contributed by atoms with Gasteiger partial charge in [-0.15, -0.1) is 0 Å². The van der Waals surface area contributed by atoms with Crippen LogP contribution in [-0.4, -0.2) is 17.6 Å². The van der Waals surface area contributed by atoms with Crippen LogP contribution in [0, 0.1) is 6.92 Å².